The van der Waals surface area contributed by atoms with Crippen LogP contribution in [0.2, 0.25) is 10.0 Å². The zero-order valence-electron chi connectivity index (χ0n) is 25.3. The maximum atomic E-state index is 8.72. The summed E-state index contributed by atoms with van der Waals surface area (Å²) in [5.41, 5.74) is 2.61. The number of halogens is 2. The van der Waals surface area contributed by atoms with Crippen LogP contribution in [0, 0.1) is 23.7 Å². The van der Waals surface area contributed by atoms with E-state index >= 15 is 0 Å². The number of aliphatic hydroxyl groups is 2. The van der Waals surface area contributed by atoms with Crippen molar-refractivity contribution >= 4 is 23.2 Å². The second-order valence-corrected chi connectivity index (χ2v) is 11.6. The Labute approximate surface area is 274 Å². The highest BCUT2D eigenvalue weighted by Crippen LogP contribution is 2.35. The summed E-state index contributed by atoms with van der Waals surface area (Å²) < 4.78 is 33.7. The fourth-order valence-electron chi connectivity index (χ4n) is 4.35. The average molecular weight is 670 g/mol. The van der Waals surface area contributed by atoms with Crippen LogP contribution in [0.15, 0.2) is 45.2 Å². The van der Waals surface area contributed by atoms with E-state index in [1.165, 1.54) is 0 Å². The Hall–Kier alpha value is -3.82. The predicted octanol–water partition coefficient (Wildman–Crippen LogP) is 5.12. The third-order valence-electron chi connectivity index (χ3n) is 6.49. The van der Waals surface area contributed by atoms with Crippen molar-refractivity contribution in [1.29, 1.82) is 0 Å². The molecule has 2 aliphatic heterocycles. The predicted molar refractivity (Wildman–Crippen MR) is 165 cm³/mol. The van der Waals surface area contributed by atoms with Crippen LogP contribution in [0.1, 0.15) is 62.8 Å². The van der Waals surface area contributed by atoms with Crippen molar-refractivity contribution < 1.29 is 38.0 Å². The van der Waals surface area contributed by atoms with Crippen molar-refractivity contribution in [3.8, 4) is 46.6 Å². The van der Waals surface area contributed by atoms with Gasteiger partial charge < -0.3 is 38.0 Å². The fourth-order valence-corrected chi connectivity index (χ4v) is 4.80. The number of nitrogens with zero attached hydrogens (tertiary/aromatic N) is 4. The van der Waals surface area contributed by atoms with Gasteiger partial charge in [0.2, 0.25) is 23.6 Å². The molecule has 0 spiro atoms. The maximum absolute atomic E-state index is 8.72. The zero-order valence-corrected chi connectivity index (χ0v) is 26.8. The van der Waals surface area contributed by atoms with Gasteiger partial charge >= 0.3 is 0 Å². The standard InChI is InChI=1S/2C16H15ClN2O4/c2*1-16(2)21-9-13(23-16)15-19-18-14(22-15)11-6-5-10(4-3-7-20)12(17)8-11/h2*5-6,8,13,20H,7,9H2,1-2H3/t2*13-/m10/s1. The van der Waals surface area contributed by atoms with E-state index in [2.05, 4.69) is 44.1 Å². The molecule has 2 aromatic heterocycles. The van der Waals surface area contributed by atoms with E-state index in [-0.39, 0.29) is 25.4 Å². The summed E-state index contributed by atoms with van der Waals surface area (Å²) in [6.45, 7) is 7.62. The van der Waals surface area contributed by atoms with Crippen LogP contribution in [0.25, 0.3) is 22.9 Å². The van der Waals surface area contributed by atoms with Gasteiger partial charge in [-0.05, 0) is 64.1 Å². The molecule has 0 radical (unpaired) electrons. The Bertz CT molecular complexity index is 1680. The van der Waals surface area contributed by atoms with E-state index in [9.17, 15) is 0 Å². The third kappa shape index (κ3) is 8.30. The Balaban J connectivity index is 0.000000181. The highest BCUT2D eigenvalue weighted by Gasteiger charge is 2.38. The molecule has 0 unspecified atom stereocenters. The van der Waals surface area contributed by atoms with Crippen molar-refractivity contribution in [2.75, 3.05) is 26.4 Å². The van der Waals surface area contributed by atoms with Crippen LogP contribution < -0.4 is 0 Å². The lowest BCUT2D eigenvalue weighted by Gasteiger charge is -2.15. The summed E-state index contributed by atoms with van der Waals surface area (Å²) in [5.74, 6) is 10.7. The number of hydrogen-bond donors (Lipinski definition) is 2. The summed E-state index contributed by atoms with van der Waals surface area (Å²) in [6, 6.07) is 10.4. The van der Waals surface area contributed by atoms with Crippen LogP contribution in [0.5, 0.6) is 0 Å². The van der Waals surface area contributed by atoms with Gasteiger partial charge in [-0.3, -0.25) is 0 Å². The maximum Gasteiger partial charge on any atom is 0.248 e. The van der Waals surface area contributed by atoms with Crippen LogP contribution in [0.3, 0.4) is 0 Å². The molecule has 2 N–H and O–H groups in total. The van der Waals surface area contributed by atoms with Crippen LogP contribution in [0.4, 0.5) is 0 Å². The SMILES string of the molecule is CC1(C)OC[C@@H](c2nnc(-c3ccc(C#CCO)c(Cl)c3)o2)O1.CC1(C)OC[C@H](c2nnc(-c3ccc(C#CCO)c(Cl)c3)o2)O1. The van der Waals surface area contributed by atoms with Crippen LogP contribution in [-0.4, -0.2) is 68.6 Å². The van der Waals surface area contributed by atoms with Gasteiger partial charge in [0.05, 0.1) is 23.3 Å². The van der Waals surface area contributed by atoms with Gasteiger partial charge in [-0.2, -0.15) is 0 Å². The van der Waals surface area contributed by atoms with Crippen LogP contribution in [-0.2, 0) is 18.9 Å². The lowest BCUT2D eigenvalue weighted by Crippen LogP contribution is -2.19. The normalized spacial score (nSPS) is 19.4. The van der Waals surface area contributed by atoms with E-state index in [0.29, 0.717) is 69.1 Å². The molecule has 0 bridgehead atoms. The van der Waals surface area contributed by atoms with E-state index in [1.54, 1.807) is 36.4 Å². The largest absolute Gasteiger partial charge is 0.418 e. The molecule has 12 nitrogen and oxygen atoms in total. The third-order valence-corrected chi connectivity index (χ3v) is 7.11. The lowest BCUT2D eigenvalue weighted by molar-refractivity contribution is -0.141. The lowest BCUT2D eigenvalue weighted by atomic mass is 10.1. The molecule has 2 saturated heterocycles. The number of aliphatic hydroxyl groups excluding tert-OH is 2. The smallest absolute Gasteiger partial charge is 0.248 e. The number of rotatable bonds is 4. The minimum Gasteiger partial charge on any atom is -0.418 e. The first-order chi connectivity index (χ1) is 22.0. The molecule has 240 valence electrons. The number of aromatic nitrogens is 4. The van der Waals surface area contributed by atoms with Gasteiger partial charge in [0.1, 0.15) is 13.2 Å². The quantitative estimate of drug-likeness (QED) is 0.277. The molecule has 0 amide bonds. The Morgan fingerprint density at radius 1 is 0.696 bits per heavy atom. The van der Waals surface area contributed by atoms with Crippen LogP contribution >= 0.6 is 23.2 Å². The highest BCUT2D eigenvalue weighted by atomic mass is 35.5. The van der Waals surface area contributed by atoms with E-state index < -0.39 is 11.6 Å². The van der Waals surface area contributed by atoms with Crippen molar-refractivity contribution in [3.63, 3.8) is 0 Å². The summed E-state index contributed by atoms with van der Waals surface area (Å²) in [4.78, 5) is 0. The Kier molecular flexibility index (Phi) is 10.4. The molecule has 2 atom stereocenters. The molecule has 4 heterocycles. The van der Waals surface area contributed by atoms with E-state index in [4.69, 9.17) is 61.2 Å². The number of hydrogen-bond acceptors (Lipinski definition) is 12. The second kappa shape index (κ2) is 14.3. The van der Waals surface area contributed by atoms with Gasteiger partial charge in [-0.25, -0.2) is 0 Å². The van der Waals surface area contributed by atoms with Crippen molar-refractivity contribution in [3.05, 3.63) is 69.4 Å². The monoisotopic (exact) mass is 668 g/mol. The summed E-state index contributed by atoms with van der Waals surface area (Å²) in [5, 5.41) is 34.4. The molecular weight excluding hydrogens is 639 g/mol. The number of benzene rings is 2. The van der Waals surface area contributed by atoms with Gasteiger partial charge in [-0.1, -0.05) is 46.9 Å². The molecule has 2 aromatic carbocycles. The van der Waals surface area contributed by atoms with Gasteiger partial charge in [0, 0.05) is 22.3 Å². The van der Waals surface area contributed by atoms with Crippen molar-refractivity contribution in [1.82, 2.24) is 20.4 Å². The molecule has 2 fully saturated rings. The van der Waals surface area contributed by atoms with Crippen molar-refractivity contribution in [2.24, 2.45) is 0 Å². The minimum atomic E-state index is -0.657. The van der Waals surface area contributed by atoms with E-state index in [1.807, 2.05) is 27.7 Å². The molecule has 0 aliphatic carbocycles. The molecule has 2 aliphatic rings. The van der Waals surface area contributed by atoms with E-state index in [0.717, 1.165) is 0 Å². The topological polar surface area (TPSA) is 155 Å². The summed E-state index contributed by atoms with van der Waals surface area (Å²) in [6.07, 6.45) is -0.757. The first-order valence-corrected chi connectivity index (χ1v) is 14.8. The highest BCUT2D eigenvalue weighted by molar-refractivity contribution is 6.32. The molecule has 14 heteroatoms. The van der Waals surface area contributed by atoms with Gasteiger partial charge in [0.15, 0.2) is 23.8 Å². The molecular formula is C32H30Cl2N4O8. The molecule has 6 rings (SSSR count). The van der Waals surface area contributed by atoms with Crippen molar-refractivity contribution in [2.45, 2.75) is 51.5 Å². The first-order valence-electron chi connectivity index (χ1n) is 14.1. The summed E-state index contributed by atoms with van der Waals surface area (Å²) >= 11 is 12.3. The zero-order chi connectivity index (χ0) is 32.9. The first kappa shape index (κ1) is 33.5. The Morgan fingerprint density at radius 3 is 1.43 bits per heavy atom. The minimum absolute atomic E-state index is 0.217. The fraction of sp³-hybridized carbons (Fsp3) is 0.375. The second-order valence-electron chi connectivity index (χ2n) is 10.8. The average Bonchev–Trinajstić information content (AvgIpc) is 3.83. The van der Waals surface area contributed by atoms with Gasteiger partial charge in [0.25, 0.3) is 0 Å². The van der Waals surface area contributed by atoms with Gasteiger partial charge in [-0.15, -0.1) is 20.4 Å². The molecule has 0 saturated carbocycles. The number of ether oxygens (including phenoxy) is 4. The molecule has 4 aromatic rings. The Morgan fingerprint density at radius 2 is 1.11 bits per heavy atom. The summed E-state index contributed by atoms with van der Waals surface area (Å²) in [7, 11) is 0. The molecule has 46 heavy (non-hydrogen) atoms.